The molecule has 2 aromatic rings. The predicted molar refractivity (Wildman–Crippen MR) is 146 cm³/mol. The number of hydrogen-bond donors (Lipinski definition) is 4. The molecule has 38 heavy (non-hydrogen) atoms. The van der Waals surface area contributed by atoms with Gasteiger partial charge < -0.3 is 30.5 Å². The Labute approximate surface area is 225 Å². The fraction of sp³-hybridized carbons (Fsp3) is 0.483. The summed E-state index contributed by atoms with van der Waals surface area (Å²) in [4.78, 5) is 42.0. The molecule has 0 aliphatic rings. The van der Waals surface area contributed by atoms with Crippen LogP contribution in [0.4, 0.5) is 4.79 Å². The van der Waals surface area contributed by atoms with Crippen LogP contribution < -0.4 is 10.6 Å². The van der Waals surface area contributed by atoms with Crippen LogP contribution in [0.15, 0.2) is 48.5 Å². The number of rotatable bonds is 8. The molecule has 0 fully saturated rings. The van der Waals surface area contributed by atoms with E-state index in [0.29, 0.717) is 5.56 Å². The van der Waals surface area contributed by atoms with E-state index in [1.165, 1.54) is 23.1 Å². The summed E-state index contributed by atoms with van der Waals surface area (Å²) in [6, 6.07) is 9.90. The van der Waals surface area contributed by atoms with Gasteiger partial charge in [-0.05, 0) is 79.2 Å². The molecule has 2 unspecified atom stereocenters. The molecule has 9 nitrogen and oxygen atoms in total. The van der Waals surface area contributed by atoms with Gasteiger partial charge in [-0.1, -0.05) is 30.3 Å². The van der Waals surface area contributed by atoms with Gasteiger partial charge in [0.2, 0.25) is 11.8 Å². The lowest BCUT2D eigenvalue weighted by Gasteiger charge is -2.38. The van der Waals surface area contributed by atoms with Gasteiger partial charge >= 0.3 is 6.09 Å². The normalized spacial score (nSPS) is 13.4. The van der Waals surface area contributed by atoms with Crippen LogP contribution >= 0.6 is 0 Å². The average Bonchev–Trinajstić information content (AvgIpc) is 2.76. The number of hydrogen-bond acceptors (Lipinski definition) is 6. The lowest BCUT2D eigenvalue weighted by atomic mass is 9.97. The summed E-state index contributed by atoms with van der Waals surface area (Å²) in [5, 5.41) is 26.0. The zero-order valence-corrected chi connectivity index (χ0v) is 23.5. The molecule has 0 bridgehead atoms. The van der Waals surface area contributed by atoms with E-state index in [1.807, 2.05) is 20.8 Å². The van der Waals surface area contributed by atoms with E-state index < -0.39 is 47.2 Å². The van der Waals surface area contributed by atoms with E-state index in [9.17, 15) is 24.6 Å². The summed E-state index contributed by atoms with van der Waals surface area (Å²) in [6.07, 6.45) is -0.702. The number of nitrogens with one attached hydrogen (secondary N) is 2. The standard InChI is InChI=1S/C29H41N3O6/c1-18(2)32(24(25(35)31-28(3,4)5)21-11-9-10-12-23(21)34)26(36)22(30-27(37)38-29(6,7)8)17-19-13-15-20(33)16-14-19/h9-16,18,22,24,33-34H,17H2,1-8H3,(H,30,37)(H,31,35). The molecule has 0 radical (unpaired) electrons. The highest BCUT2D eigenvalue weighted by molar-refractivity contribution is 5.93. The van der Waals surface area contributed by atoms with E-state index >= 15 is 0 Å². The molecule has 2 aromatic carbocycles. The Balaban J connectivity index is 2.58. The summed E-state index contributed by atoms with van der Waals surface area (Å²) in [5.74, 6) is -1.06. The van der Waals surface area contributed by atoms with E-state index in [-0.39, 0.29) is 23.5 Å². The van der Waals surface area contributed by atoms with Crippen LogP contribution in [-0.4, -0.2) is 56.2 Å². The molecular formula is C29H41N3O6. The largest absolute Gasteiger partial charge is 0.508 e. The third-order valence-corrected chi connectivity index (χ3v) is 5.43. The first-order valence-corrected chi connectivity index (χ1v) is 12.7. The van der Waals surface area contributed by atoms with Gasteiger partial charge in [-0.2, -0.15) is 0 Å². The number of para-hydroxylation sites is 1. The lowest BCUT2D eigenvalue weighted by Crippen LogP contribution is -2.57. The van der Waals surface area contributed by atoms with Crippen molar-refractivity contribution >= 4 is 17.9 Å². The number of amides is 3. The zero-order valence-electron chi connectivity index (χ0n) is 23.5. The number of ether oxygens (including phenoxy) is 1. The summed E-state index contributed by atoms with van der Waals surface area (Å²) >= 11 is 0. The minimum atomic E-state index is -1.18. The summed E-state index contributed by atoms with van der Waals surface area (Å²) in [7, 11) is 0. The SMILES string of the molecule is CC(C)N(C(=O)C(Cc1ccc(O)cc1)NC(=O)OC(C)(C)C)C(C(=O)NC(C)(C)C)c1ccccc1O. The molecule has 0 aliphatic carbocycles. The molecule has 0 spiro atoms. The third-order valence-electron chi connectivity index (χ3n) is 5.43. The Morgan fingerprint density at radius 1 is 0.921 bits per heavy atom. The van der Waals surface area contributed by atoms with Gasteiger partial charge in [-0.3, -0.25) is 9.59 Å². The first-order chi connectivity index (χ1) is 17.5. The van der Waals surface area contributed by atoms with E-state index in [0.717, 1.165) is 0 Å². The number of phenolic OH excluding ortho intramolecular Hbond substituents is 2. The molecule has 2 rings (SSSR count). The highest BCUT2D eigenvalue weighted by Crippen LogP contribution is 2.32. The van der Waals surface area contributed by atoms with Crippen LogP contribution in [0, 0.1) is 0 Å². The average molecular weight is 528 g/mol. The fourth-order valence-corrected chi connectivity index (χ4v) is 3.95. The smallest absolute Gasteiger partial charge is 0.408 e. The maximum atomic E-state index is 14.2. The highest BCUT2D eigenvalue weighted by atomic mass is 16.6. The van der Waals surface area contributed by atoms with Crippen LogP contribution in [0.5, 0.6) is 11.5 Å². The van der Waals surface area contributed by atoms with Crippen molar-refractivity contribution in [1.82, 2.24) is 15.5 Å². The molecule has 9 heteroatoms. The van der Waals surface area contributed by atoms with Gasteiger partial charge in [0.1, 0.15) is 29.2 Å². The van der Waals surface area contributed by atoms with Crippen molar-refractivity contribution in [3.05, 3.63) is 59.7 Å². The number of benzene rings is 2. The Morgan fingerprint density at radius 2 is 1.50 bits per heavy atom. The Hall–Kier alpha value is -3.75. The van der Waals surface area contributed by atoms with Crippen LogP contribution in [-0.2, 0) is 20.7 Å². The maximum Gasteiger partial charge on any atom is 0.408 e. The van der Waals surface area contributed by atoms with Gasteiger partial charge in [-0.15, -0.1) is 0 Å². The number of carbonyl (C=O) groups is 3. The second kappa shape index (κ2) is 12.2. The zero-order chi connectivity index (χ0) is 28.8. The molecule has 0 saturated heterocycles. The first kappa shape index (κ1) is 30.5. The molecule has 0 aromatic heterocycles. The van der Waals surface area contributed by atoms with E-state index in [4.69, 9.17) is 4.74 Å². The van der Waals surface area contributed by atoms with Gasteiger partial charge in [0.05, 0.1) is 0 Å². The number of alkyl carbamates (subject to hydrolysis) is 1. The topological polar surface area (TPSA) is 128 Å². The van der Waals surface area contributed by atoms with Crippen LogP contribution in [0.25, 0.3) is 0 Å². The lowest BCUT2D eigenvalue weighted by molar-refractivity contribution is -0.145. The number of carbonyl (C=O) groups excluding carboxylic acids is 3. The number of aromatic hydroxyl groups is 2. The molecule has 0 aliphatic heterocycles. The minimum absolute atomic E-state index is 0.0685. The quantitative estimate of drug-likeness (QED) is 0.402. The summed E-state index contributed by atoms with van der Waals surface area (Å²) in [5.41, 5.74) is -0.457. The van der Waals surface area contributed by atoms with Crippen molar-refractivity contribution in [1.29, 1.82) is 0 Å². The fourth-order valence-electron chi connectivity index (χ4n) is 3.95. The van der Waals surface area contributed by atoms with Gasteiger partial charge in [0.15, 0.2) is 0 Å². The monoisotopic (exact) mass is 527 g/mol. The summed E-state index contributed by atoms with van der Waals surface area (Å²) < 4.78 is 5.41. The van der Waals surface area contributed by atoms with Crippen molar-refractivity contribution < 1.29 is 29.3 Å². The Kier molecular flexibility index (Phi) is 9.78. The molecule has 2 atom stereocenters. The van der Waals surface area contributed by atoms with E-state index in [2.05, 4.69) is 10.6 Å². The van der Waals surface area contributed by atoms with Gasteiger partial charge in [-0.25, -0.2) is 4.79 Å². The molecule has 208 valence electrons. The van der Waals surface area contributed by atoms with E-state index in [1.54, 1.807) is 65.0 Å². The van der Waals surface area contributed by atoms with Crippen molar-refractivity contribution in [3.63, 3.8) is 0 Å². The van der Waals surface area contributed by atoms with Crippen molar-refractivity contribution in [2.45, 2.75) is 91.1 Å². The highest BCUT2D eigenvalue weighted by Gasteiger charge is 2.39. The van der Waals surface area contributed by atoms with Gasteiger partial charge in [0.25, 0.3) is 0 Å². The van der Waals surface area contributed by atoms with Crippen LogP contribution in [0.2, 0.25) is 0 Å². The number of phenols is 2. The molecule has 4 N–H and O–H groups in total. The van der Waals surface area contributed by atoms with Gasteiger partial charge in [0, 0.05) is 23.6 Å². The maximum absolute atomic E-state index is 14.2. The predicted octanol–water partition coefficient (Wildman–Crippen LogP) is 4.43. The molecule has 3 amide bonds. The second-order valence-electron chi connectivity index (χ2n) is 11.6. The summed E-state index contributed by atoms with van der Waals surface area (Å²) in [6.45, 7) is 14.2. The molecule has 0 heterocycles. The number of nitrogens with zero attached hydrogens (tertiary/aromatic N) is 1. The molecular weight excluding hydrogens is 486 g/mol. The van der Waals surface area contributed by atoms with Crippen LogP contribution in [0.3, 0.4) is 0 Å². The van der Waals surface area contributed by atoms with Crippen molar-refractivity contribution in [2.24, 2.45) is 0 Å². The third kappa shape index (κ3) is 8.97. The molecule has 0 saturated carbocycles. The minimum Gasteiger partial charge on any atom is -0.508 e. The van der Waals surface area contributed by atoms with Crippen LogP contribution in [0.1, 0.15) is 72.6 Å². The Morgan fingerprint density at radius 3 is 2.00 bits per heavy atom. The van der Waals surface area contributed by atoms with Crippen molar-refractivity contribution in [3.8, 4) is 11.5 Å². The Bertz CT molecular complexity index is 1120. The first-order valence-electron chi connectivity index (χ1n) is 12.7. The second-order valence-corrected chi connectivity index (χ2v) is 11.6. The van der Waals surface area contributed by atoms with Crippen molar-refractivity contribution in [2.75, 3.05) is 0 Å².